The highest BCUT2D eigenvalue weighted by Crippen LogP contribution is 2.27. The minimum atomic E-state index is -0.941. The Kier molecular flexibility index (Phi) is 5.31. The molecule has 0 aromatic carbocycles. The maximum absolute atomic E-state index is 11.2. The fourth-order valence-electron chi connectivity index (χ4n) is 1.47. The summed E-state index contributed by atoms with van der Waals surface area (Å²) in [5.41, 5.74) is -0.337. The number of anilines is 1. The van der Waals surface area contributed by atoms with Crippen LogP contribution in [-0.4, -0.2) is 47.6 Å². The molecule has 0 aliphatic rings. The van der Waals surface area contributed by atoms with Gasteiger partial charge in [-0.3, -0.25) is 4.79 Å². The van der Waals surface area contributed by atoms with Crippen molar-refractivity contribution in [3.05, 3.63) is 11.1 Å². The number of thiazole rings is 1. The summed E-state index contributed by atoms with van der Waals surface area (Å²) in [5, 5.41) is 15.1. The molecule has 0 aliphatic carbocycles. The number of carboxylic acid groups (broad SMARTS) is 1. The number of nitrogens with zero attached hydrogens (tertiary/aromatic N) is 2. The molecule has 0 amide bonds. The zero-order valence-electron chi connectivity index (χ0n) is 12.2. The van der Waals surface area contributed by atoms with Gasteiger partial charge in [-0.25, -0.2) is 4.98 Å². The van der Waals surface area contributed by atoms with E-state index in [1.807, 2.05) is 19.5 Å². The minimum absolute atomic E-state index is 0.314. The van der Waals surface area contributed by atoms with Crippen molar-refractivity contribution >= 4 is 22.4 Å². The molecular formula is C13H23N3O2S. The van der Waals surface area contributed by atoms with Crippen molar-refractivity contribution in [2.45, 2.75) is 38.6 Å². The van der Waals surface area contributed by atoms with Crippen LogP contribution in [0.15, 0.2) is 5.38 Å². The second-order valence-corrected chi connectivity index (χ2v) is 6.46. The topological polar surface area (TPSA) is 65.5 Å². The van der Waals surface area contributed by atoms with Gasteiger partial charge in [0.05, 0.1) is 5.69 Å². The predicted molar refractivity (Wildman–Crippen MR) is 79.0 cm³/mol. The van der Waals surface area contributed by atoms with Gasteiger partial charge in [-0.15, -0.1) is 11.3 Å². The summed E-state index contributed by atoms with van der Waals surface area (Å²) in [5.74, 6) is -0.856. The number of nitrogens with one attached hydrogen (secondary N) is 1. The Morgan fingerprint density at radius 2 is 2.21 bits per heavy atom. The molecule has 0 fully saturated rings. The van der Waals surface area contributed by atoms with Crippen LogP contribution < -0.4 is 5.32 Å². The van der Waals surface area contributed by atoms with Crippen LogP contribution >= 0.6 is 11.3 Å². The third kappa shape index (κ3) is 4.47. The van der Waals surface area contributed by atoms with Gasteiger partial charge in [0.1, 0.15) is 5.41 Å². The van der Waals surface area contributed by atoms with Gasteiger partial charge in [-0.05, 0) is 47.8 Å². The standard InChI is InChI=1S/C13H23N3O2S/c1-9(6-7-16(4)5)14-12-15-10(8-19-12)13(2,3)11(17)18/h8-9H,6-7H2,1-5H3,(H,14,15)(H,17,18). The molecule has 1 rings (SSSR count). The first-order valence-corrected chi connectivity index (χ1v) is 7.22. The van der Waals surface area contributed by atoms with Crippen molar-refractivity contribution in [1.29, 1.82) is 0 Å². The molecule has 2 N–H and O–H groups in total. The van der Waals surface area contributed by atoms with E-state index in [0.717, 1.165) is 18.1 Å². The fraction of sp³-hybridized carbons (Fsp3) is 0.692. The third-order valence-electron chi connectivity index (χ3n) is 3.06. The first-order chi connectivity index (χ1) is 8.73. The molecule has 108 valence electrons. The van der Waals surface area contributed by atoms with Crippen LogP contribution in [0, 0.1) is 0 Å². The molecule has 1 aromatic rings. The highest BCUT2D eigenvalue weighted by Gasteiger charge is 2.32. The molecule has 0 spiro atoms. The van der Waals surface area contributed by atoms with Crippen LogP contribution in [-0.2, 0) is 10.2 Å². The maximum Gasteiger partial charge on any atom is 0.315 e. The van der Waals surface area contributed by atoms with Gasteiger partial charge in [-0.1, -0.05) is 0 Å². The van der Waals surface area contributed by atoms with Crippen molar-refractivity contribution in [1.82, 2.24) is 9.88 Å². The fourth-order valence-corrected chi connectivity index (χ4v) is 2.46. The quantitative estimate of drug-likeness (QED) is 0.804. The summed E-state index contributed by atoms with van der Waals surface area (Å²) >= 11 is 1.46. The molecule has 1 heterocycles. The van der Waals surface area contributed by atoms with Crippen LogP contribution in [0.3, 0.4) is 0 Å². The summed E-state index contributed by atoms with van der Waals surface area (Å²) in [6, 6.07) is 0.314. The molecule has 6 heteroatoms. The van der Waals surface area contributed by atoms with E-state index in [1.165, 1.54) is 11.3 Å². The van der Waals surface area contributed by atoms with Crippen molar-refractivity contribution in [2.24, 2.45) is 0 Å². The average molecular weight is 285 g/mol. The summed E-state index contributed by atoms with van der Waals surface area (Å²) in [4.78, 5) is 17.7. The second kappa shape index (κ2) is 6.34. The van der Waals surface area contributed by atoms with Crippen LogP contribution in [0.1, 0.15) is 32.9 Å². The smallest absolute Gasteiger partial charge is 0.315 e. The number of aromatic nitrogens is 1. The van der Waals surface area contributed by atoms with Crippen LogP contribution in [0.5, 0.6) is 0 Å². The Morgan fingerprint density at radius 1 is 1.58 bits per heavy atom. The van der Waals surface area contributed by atoms with E-state index >= 15 is 0 Å². The molecule has 1 aromatic heterocycles. The van der Waals surface area contributed by atoms with Gasteiger partial charge in [0.15, 0.2) is 5.13 Å². The second-order valence-electron chi connectivity index (χ2n) is 5.61. The summed E-state index contributed by atoms with van der Waals surface area (Å²) in [7, 11) is 4.09. The predicted octanol–water partition coefficient (Wildman–Crippen LogP) is 2.26. The Morgan fingerprint density at radius 3 is 2.74 bits per heavy atom. The monoisotopic (exact) mass is 285 g/mol. The summed E-state index contributed by atoms with van der Waals surface area (Å²) in [6.45, 7) is 6.45. The molecule has 0 radical (unpaired) electrons. The molecule has 1 atom stereocenters. The van der Waals surface area contributed by atoms with E-state index < -0.39 is 11.4 Å². The van der Waals surface area contributed by atoms with Crippen molar-refractivity contribution in [3.63, 3.8) is 0 Å². The molecule has 0 bridgehead atoms. The Labute approximate surface area is 118 Å². The number of carbonyl (C=O) groups is 1. The molecule has 0 saturated heterocycles. The highest BCUT2D eigenvalue weighted by atomic mass is 32.1. The maximum atomic E-state index is 11.2. The molecule has 0 aliphatic heterocycles. The lowest BCUT2D eigenvalue weighted by molar-refractivity contribution is -0.142. The summed E-state index contributed by atoms with van der Waals surface area (Å²) < 4.78 is 0. The van der Waals surface area contributed by atoms with E-state index in [0.29, 0.717) is 11.7 Å². The lowest BCUT2D eigenvalue weighted by Crippen LogP contribution is -2.29. The zero-order valence-corrected chi connectivity index (χ0v) is 13.0. The Balaban J connectivity index is 2.63. The number of rotatable bonds is 7. The van der Waals surface area contributed by atoms with Crippen LogP contribution in [0.25, 0.3) is 0 Å². The van der Waals surface area contributed by atoms with Gasteiger partial charge in [-0.2, -0.15) is 0 Å². The SMILES string of the molecule is CC(CCN(C)C)Nc1nc(C(C)(C)C(=O)O)cs1. The van der Waals surface area contributed by atoms with E-state index in [4.69, 9.17) is 5.11 Å². The van der Waals surface area contributed by atoms with E-state index in [1.54, 1.807) is 13.8 Å². The van der Waals surface area contributed by atoms with Crippen LogP contribution in [0.2, 0.25) is 0 Å². The van der Waals surface area contributed by atoms with E-state index in [-0.39, 0.29) is 0 Å². The lowest BCUT2D eigenvalue weighted by Gasteiger charge is -2.17. The van der Waals surface area contributed by atoms with E-state index in [2.05, 4.69) is 22.1 Å². The molecule has 5 nitrogen and oxygen atoms in total. The largest absolute Gasteiger partial charge is 0.481 e. The molecule has 1 unspecified atom stereocenters. The zero-order chi connectivity index (χ0) is 14.6. The van der Waals surface area contributed by atoms with Crippen molar-refractivity contribution in [2.75, 3.05) is 26.0 Å². The van der Waals surface area contributed by atoms with Crippen LogP contribution in [0.4, 0.5) is 5.13 Å². The van der Waals surface area contributed by atoms with Gasteiger partial charge in [0.2, 0.25) is 0 Å². The third-order valence-corrected chi connectivity index (χ3v) is 3.83. The first-order valence-electron chi connectivity index (χ1n) is 6.34. The Hall–Kier alpha value is -1.14. The number of hydrogen-bond donors (Lipinski definition) is 2. The average Bonchev–Trinajstić information content (AvgIpc) is 2.75. The van der Waals surface area contributed by atoms with Crippen molar-refractivity contribution in [3.8, 4) is 0 Å². The summed E-state index contributed by atoms with van der Waals surface area (Å²) in [6.07, 6.45) is 1.02. The molecular weight excluding hydrogens is 262 g/mol. The minimum Gasteiger partial charge on any atom is -0.481 e. The first kappa shape index (κ1) is 15.9. The number of aliphatic carboxylic acids is 1. The normalized spacial score (nSPS) is 13.6. The van der Waals surface area contributed by atoms with Gasteiger partial charge in [0.25, 0.3) is 0 Å². The van der Waals surface area contributed by atoms with E-state index in [9.17, 15) is 4.79 Å². The van der Waals surface area contributed by atoms with Crippen molar-refractivity contribution < 1.29 is 9.90 Å². The number of carboxylic acids is 1. The lowest BCUT2D eigenvalue weighted by atomic mass is 9.90. The highest BCUT2D eigenvalue weighted by molar-refractivity contribution is 7.13. The van der Waals surface area contributed by atoms with Gasteiger partial charge in [0, 0.05) is 11.4 Å². The van der Waals surface area contributed by atoms with Gasteiger partial charge < -0.3 is 15.3 Å². The molecule has 19 heavy (non-hydrogen) atoms. The van der Waals surface area contributed by atoms with Gasteiger partial charge >= 0.3 is 5.97 Å². The Bertz CT molecular complexity index is 429. The number of hydrogen-bond acceptors (Lipinski definition) is 5. The molecule has 0 saturated carbocycles.